The summed E-state index contributed by atoms with van der Waals surface area (Å²) in [5.74, 6) is -3.20. The molecule has 20 aliphatic rings. The normalized spacial score (nSPS) is 47.4. The first-order chi connectivity index (χ1) is 62.8. The molecule has 30 atom stereocenters. The van der Waals surface area contributed by atoms with E-state index in [1.807, 2.05) is 61.5 Å². The molecule has 12 saturated heterocycles. The summed E-state index contributed by atoms with van der Waals surface area (Å²) in [7, 11) is 8.91. The molecule has 8 aliphatic carbocycles. The molecule has 0 N–H and O–H groups in total. The Labute approximate surface area is 762 Å². The van der Waals surface area contributed by atoms with Crippen LogP contribution in [-0.2, 0) is 114 Å². The summed E-state index contributed by atoms with van der Waals surface area (Å²) in [5.41, 5.74) is 0.122. The van der Waals surface area contributed by atoms with Crippen molar-refractivity contribution in [1.82, 2.24) is 0 Å². The molecule has 24 nitrogen and oxygen atoms in total. The maximum Gasteiger partial charge on any atom is 0.412 e. The standard InChI is InChI=1S/C17H21F3O4.C17H22O4.C17H24O4.C16H21F3O4.C16H22O4.C16H24O4/c1-9(17(18,19)20)5-6-12-15(3,24-12)14-13(22-4)11(21)7-10(2)16(14)8-23-16;1-10-8-12(18)14(19-3)15(17(10)9-20-17)16(2)13(21-16)7-6-11-4-5-11;1-10(2)6-7-12-16(4,21-12)15-14(19-5)13(18)11(3)8-17(15)9-20-17;1-9(16(17,18)19)4-5-11-14(2,23-11)13-12(21-3)10(20)6-7-15(13)8-22-15;1-15(12(20-15)6-5-10-3-4-10)14-13(18-2)11(17)7-8-16(14)9-19-16;1-10(2)5-6-12-15(3,20-12)14-13(18-4)11(17)7-8-16(14)9-19-16/h5,7,12-14H,6,8H2,1-4H3;6,8,13-15H,4-5,7,9H2,1-3H3;6,8,12,14-15H,7,9H2,1-5H3;4,11-13H,5-8H2,1-3H3;5,12-14H,3-4,6-9H2,1-2H3;5,12-14H,6-9H2,1-4H3/b9-5+;;;9-4+;;/t12-,13-,14-,15+,16-;13-,14-,15-,16+,17-;12-,14-,15-,16+,17+;11-,12-,13-,14+,15+;2*12-,13-,14-,15+,16+/m111111/s1/i;;;6D2;2*7D2. The molecule has 0 amide bonds. The van der Waals surface area contributed by atoms with Gasteiger partial charge >= 0.3 is 12.4 Å². The van der Waals surface area contributed by atoms with Gasteiger partial charge in [-0.2, -0.15) is 26.3 Å². The van der Waals surface area contributed by atoms with Gasteiger partial charge in [-0.25, -0.2) is 0 Å². The number of allylic oxidation sites excluding steroid dienone is 6. The van der Waals surface area contributed by atoms with Crippen LogP contribution in [0.1, 0.15) is 215 Å². The van der Waals surface area contributed by atoms with Crippen LogP contribution in [0.3, 0.4) is 0 Å². The predicted octanol–water partition coefficient (Wildman–Crippen LogP) is 14.7. The largest absolute Gasteiger partial charge is 0.412 e. The quantitative estimate of drug-likeness (QED) is 0.0492. The van der Waals surface area contributed by atoms with Crippen molar-refractivity contribution < 1.29 is 149 Å². The van der Waals surface area contributed by atoms with Crippen LogP contribution >= 0.6 is 0 Å². The Morgan fingerprint density at radius 2 is 0.659 bits per heavy atom. The van der Waals surface area contributed by atoms with E-state index < -0.39 is 160 Å². The third kappa shape index (κ3) is 19.1. The van der Waals surface area contributed by atoms with E-state index in [1.165, 1.54) is 82.5 Å². The summed E-state index contributed by atoms with van der Waals surface area (Å²) < 4.78 is 225. The number of carbonyl (C=O) groups is 6. The molecule has 129 heavy (non-hydrogen) atoms. The molecule has 0 bridgehead atoms. The van der Waals surface area contributed by atoms with Crippen molar-refractivity contribution in [2.24, 2.45) is 35.5 Å². The molecular formula is C99H134F6O24. The Morgan fingerprint density at radius 3 is 0.907 bits per heavy atom. The monoisotopic (exact) mass is 1830 g/mol. The van der Waals surface area contributed by atoms with Crippen molar-refractivity contribution in [3.8, 4) is 0 Å². The lowest BCUT2D eigenvalue weighted by Gasteiger charge is -2.37. The van der Waals surface area contributed by atoms with Crippen LogP contribution < -0.4 is 0 Å². The van der Waals surface area contributed by atoms with Crippen LogP contribution in [0.25, 0.3) is 0 Å². The summed E-state index contributed by atoms with van der Waals surface area (Å²) in [5, 5.41) is 0. The molecule has 6 spiro atoms. The second-order valence-electron chi connectivity index (χ2n) is 40.5. The zero-order valence-electron chi connectivity index (χ0n) is 84.1. The molecule has 5 saturated carbocycles. The minimum Gasteiger partial charge on any atom is -0.373 e. The number of epoxide rings is 12. The topological polar surface area (TPSA) is 308 Å². The van der Waals surface area contributed by atoms with Gasteiger partial charge in [-0.15, -0.1) is 0 Å². The number of ketones is 6. The highest BCUT2D eigenvalue weighted by Crippen LogP contribution is 2.66. The van der Waals surface area contributed by atoms with E-state index in [0.717, 1.165) is 68.4 Å². The summed E-state index contributed by atoms with van der Waals surface area (Å²) in [6, 6.07) is 0. The first kappa shape index (κ1) is 90.0. The van der Waals surface area contributed by atoms with Crippen molar-refractivity contribution in [3.05, 3.63) is 105 Å². The minimum atomic E-state index is -4.38. The van der Waals surface area contributed by atoms with Crippen LogP contribution in [0.5, 0.6) is 0 Å². The second kappa shape index (κ2) is 35.3. The molecule has 12 aliphatic heterocycles. The van der Waals surface area contributed by atoms with E-state index in [1.54, 1.807) is 27.2 Å². The van der Waals surface area contributed by atoms with Crippen molar-refractivity contribution in [2.45, 2.75) is 359 Å². The lowest BCUT2D eigenvalue weighted by atomic mass is 9.69. The minimum absolute atomic E-state index is 0.0305. The van der Waals surface area contributed by atoms with Gasteiger partial charge < -0.3 is 85.3 Å². The summed E-state index contributed by atoms with van der Waals surface area (Å²) in [6.45, 7) is 30.7. The number of ether oxygens (including phenoxy) is 18. The number of halogens is 6. The van der Waals surface area contributed by atoms with Crippen molar-refractivity contribution in [2.75, 3.05) is 82.3 Å². The number of alkyl halides is 6. The van der Waals surface area contributed by atoms with Crippen molar-refractivity contribution in [1.29, 1.82) is 0 Å². The van der Waals surface area contributed by atoms with E-state index in [2.05, 4.69) is 52.0 Å². The lowest BCUT2D eigenvalue weighted by Crippen LogP contribution is -2.52. The Morgan fingerprint density at radius 1 is 0.388 bits per heavy atom. The van der Waals surface area contributed by atoms with E-state index in [4.69, 9.17) is 93.5 Å². The fourth-order valence-corrected chi connectivity index (χ4v) is 22.2. The number of hydrogen-bond donors (Lipinski definition) is 0. The third-order valence-corrected chi connectivity index (χ3v) is 31.2. The molecule has 12 heterocycles. The molecule has 20 rings (SSSR count). The number of rotatable bonds is 24. The van der Waals surface area contributed by atoms with E-state index in [-0.39, 0.29) is 132 Å². The average molecular weight is 1830 g/mol. The average Bonchev–Trinajstić information content (AvgIpc) is 1.54. The van der Waals surface area contributed by atoms with Gasteiger partial charge in [-0.05, 0) is 222 Å². The van der Waals surface area contributed by atoms with Gasteiger partial charge in [0.05, 0.1) is 112 Å². The number of carbonyl (C=O) groups excluding carboxylic acids is 6. The van der Waals surface area contributed by atoms with Crippen LogP contribution in [0, 0.1) is 35.5 Å². The van der Waals surface area contributed by atoms with Crippen LogP contribution in [0.2, 0.25) is 0 Å². The van der Waals surface area contributed by atoms with E-state index in [9.17, 15) is 55.1 Å². The number of Topliss-reactive ketones (excluding diaryl/α,β-unsaturated/α-hetero) is 4. The predicted molar refractivity (Wildman–Crippen MR) is 457 cm³/mol. The highest BCUT2D eigenvalue weighted by molar-refractivity contribution is 6.00. The van der Waals surface area contributed by atoms with Crippen molar-refractivity contribution in [3.63, 3.8) is 0 Å². The van der Waals surface area contributed by atoms with Crippen LogP contribution in [0.15, 0.2) is 105 Å². The second-order valence-corrected chi connectivity index (χ2v) is 40.5. The SMILES string of the molecule is CO[C@@H]1C(=O)C(C)=C[C@]2(CO2)[C@H]1[C@@]1(C)O[C@@H]1CC=C(C)C.CO[C@@H]1C(=O)C=C(C)[C@]2(CO2)[C@H]1[C@@]1(C)O[C@@H]1C/C=C(\C)C(F)(F)F.CO[C@@H]1C(=O)C=C(C)[C@]2(CO2)[C@H]1[C@@]1(C)O[C@@H]1CC=C1CC1.[2H]C1([2H])C[C@]2(CO2)[C@@H]([C@@]2(C)O[C@@H]2C/C=C(\C)C(F)(F)F)[C@H](OC)C1=O.[2H]C1([2H])C[C@]2(CO2)[C@@H]([C@@]2(C)O[C@@H]2CC=C(C)C)[C@H](OC)C1=O.[2H]C1([2H])C[C@]2(CO2)[C@@H]([C@@]2(C)O[C@@H]2CC=C2CC2)[C@H](OC)C1=O. The summed E-state index contributed by atoms with van der Waals surface area (Å²) in [4.78, 5) is 74.3. The van der Waals surface area contributed by atoms with Gasteiger partial charge in [-0.1, -0.05) is 58.7 Å². The molecule has 0 unspecified atom stereocenters. The van der Waals surface area contributed by atoms with Gasteiger partial charge in [0.25, 0.3) is 0 Å². The van der Waals surface area contributed by atoms with Gasteiger partial charge in [0.2, 0.25) is 0 Å². The highest BCUT2D eigenvalue weighted by Gasteiger charge is 2.78. The summed E-state index contributed by atoms with van der Waals surface area (Å²) >= 11 is 0. The molecule has 0 aromatic heterocycles. The fraction of sp³-hybridized carbons (Fsp3) is 0.758. The van der Waals surface area contributed by atoms with Gasteiger partial charge in [0.1, 0.15) is 104 Å². The lowest BCUT2D eigenvalue weighted by molar-refractivity contribution is -0.142. The number of methoxy groups -OCH3 is 6. The van der Waals surface area contributed by atoms with Gasteiger partial charge in [0.15, 0.2) is 34.7 Å². The Balaban J connectivity index is 0.000000123. The number of hydrogen-bond acceptors (Lipinski definition) is 24. The maximum absolute atomic E-state index is 12.6. The molecular weight excluding hydrogens is 1690 g/mol. The third-order valence-electron chi connectivity index (χ3n) is 31.2. The molecule has 0 aromatic rings. The molecule has 716 valence electrons. The highest BCUT2D eigenvalue weighted by atomic mass is 19.4. The Bertz CT molecular complexity index is 4870. The Hall–Kier alpha value is -5.46. The summed E-state index contributed by atoms with van der Waals surface area (Å²) in [6.07, 6.45) is 5.59. The smallest absolute Gasteiger partial charge is 0.373 e. The maximum atomic E-state index is 12.6. The van der Waals surface area contributed by atoms with Crippen LogP contribution in [0.4, 0.5) is 26.3 Å². The van der Waals surface area contributed by atoms with Crippen LogP contribution in [-0.4, -0.2) is 270 Å². The van der Waals surface area contributed by atoms with E-state index >= 15 is 0 Å². The zero-order valence-corrected chi connectivity index (χ0v) is 78.1. The molecule has 0 radical (unpaired) electrons. The van der Waals surface area contributed by atoms with E-state index in [0.29, 0.717) is 33.0 Å². The first-order valence-electron chi connectivity index (χ1n) is 48.3. The zero-order chi connectivity index (χ0) is 99.1. The van der Waals surface area contributed by atoms with Gasteiger partial charge in [-0.3, -0.25) is 28.8 Å². The Kier molecular flexibility index (Phi) is 24.6. The molecule has 0 aromatic carbocycles. The first-order valence-corrected chi connectivity index (χ1v) is 45.3. The van der Waals surface area contributed by atoms with Crippen molar-refractivity contribution >= 4 is 34.7 Å². The molecule has 30 heteroatoms. The molecule has 17 fully saturated rings. The van der Waals surface area contributed by atoms with Gasteiger partial charge in [0, 0.05) is 81.1 Å². The fourth-order valence-electron chi connectivity index (χ4n) is 22.2.